The number of phenols is 1. The molecule has 2 aliphatic carbocycles. The molecular formula is C25H27FN2O2. The number of benzene rings is 2. The van der Waals surface area contributed by atoms with Crippen molar-refractivity contribution in [3.63, 3.8) is 0 Å². The Balaban J connectivity index is 1.49. The fraction of sp³-hybridized carbons (Fsp3) is 0.440. The summed E-state index contributed by atoms with van der Waals surface area (Å²) in [5.41, 5.74) is 2.56. The van der Waals surface area contributed by atoms with E-state index in [2.05, 4.69) is 9.88 Å². The fourth-order valence-corrected chi connectivity index (χ4v) is 6.03. The highest BCUT2D eigenvalue weighted by molar-refractivity contribution is 5.85. The van der Waals surface area contributed by atoms with E-state index in [-0.39, 0.29) is 11.6 Å². The summed E-state index contributed by atoms with van der Waals surface area (Å²) in [5.74, 6) is 0.752. The third-order valence-corrected chi connectivity index (χ3v) is 7.75. The van der Waals surface area contributed by atoms with Gasteiger partial charge in [0.25, 0.3) is 0 Å². The predicted octanol–water partition coefficient (Wildman–Crippen LogP) is 3.90. The van der Waals surface area contributed by atoms with E-state index in [0.717, 1.165) is 53.2 Å². The quantitative estimate of drug-likeness (QED) is 0.618. The number of nitrogens with one attached hydrogen (secondary N) is 1. The van der Waals surface area contributed by atoms with Gasteiger partial charge in [0.05, 0.1) is 5.60 Å². The zero-order valence-electron chi connectivity index (χ0n) is 17.0. The predicted molar refractivity (Wildman–Crippen MR) is 114 cm³/mol. The molecule has 0 unspecified atom stereocenters. The first-order chi connectivity index (χ1) is 14.5. The lowest BCUT2D eigenvalue weighted by atomic mass is 9.56. The zero-order valence-corrected chi connectivity index (χ0v) is 17.0. The summed E-state index contributed by atoms with van der Waals surface area (Å²) in [6.45, 7) is 2.63. The molecule has 4 nitrogen and oxygen atoms in total. The second kappa shape index (κ2) is 6.32. The highest BCUT2D eigenvalue weighted by Gasteiger charge is 2.57. The van der Waals surface area contributed by atoms with Crippen LogP contribution in [-0.2, 0) is 18.3 Å². The van der Waals surface area contributed by atoms with Crippen LogP contribution in [0.5, 0.6) is 5.75 Å². The highest BCUT2D eigenvalue weighted by atomic mass is 19.1. The molecule has 5 heteroatoms. The van der Waals surface area contributed by atoms with Crippen molar-refractivity contribution in [3.05, 3.63) is 65.1 Å². The number of hydrogen-bond acceptors (Lipinski definition) is 3. The van der Waals surface area contributed by atoms with Crippen LogP contribution in [0, 0.1) is 11.7 Å². The minimum atomic E-state index is -0.940. The van der Waals surface area contributed by atoms with Gasteiger partial charge in [0.15, 0.2) is 0 Å². The van der Waals surface area contributed by atoms with E-state index in [1.807, 2.05) is 24.3 Å². The maximum absolute atomic E-state index is 13.8. The van der Waals surface area contributed by atoms with Crippen LogP contribution < -0.4 is 0 Å². The summed E-state index contributed by atoms with van der Waals surface area (Å²) < 4.78 is 13.8. The molecule has 1 saturated heterocycles. The number of aromatic nitrogens is 1. The number of nitrogens with zero attached hydrogens (tertiary/aromatic N) is 1. The molecule has 156 valence electrons. The van der Waals surface area contributed by atoms with Crippen LogP contribution in [0.15, 0.2) is 42.5 Å². The van der Waals surface area contributed by atoms with Crippen molar-refractivity contribution < 1.29 is 14.6 Å². The summed E-state index contributed by atoms with van der Waals surface area (Å²) in [7, 11) is 0. The molecule has 3 aromatic rings. The number of β-amino-alcohol motifs (C(OH)–C–C–N with tert-alkyl or cyclic N) is 1. The third-order valence-electron chi connectivity index (χ3n) is 7.75. The van der Waals surface area contributed by atoms with Gasteiger partial charge in [-0.2, -0.15) is 0 Å². The minimum Gasteiger partial charge on any atom is -0.508 e. The Morgan fingerprint density at radius 1 is 1.13 bits per heavy atom. The van der Waals surface area contributed by atoms with Gasteiger partial charge < -0.3 is 20.1 Å². The molecule has 0 bridgehead atoms. The molecule has 2 heterocycles. The van der Waals surface area contributed by atoms with E-state index in [1.165, 1.54) is 18.9 Å². The Morgan fingerprint density at radius 3 is 2.80 bits per heavy atom. The van der Waals surface area contributed by atoms with Crippen LogP contribution >= 0.6 is 0 Å². The van der Waals surface area contributed by atoms with Crippen LogP contribution in [0.4, 0.5) is 4.39 Å². The second-order valence-electron chi connectivity index (χ2n) is 9.72. The van der Waals surface area contributed by atoms with Crippen molar-refractivity contribution in [1.82, 2.24) is 9.88 Å². The van der Waals surface area contributed by atoms with Gasteiger partial charge in [0.2, 0.25) is 0 Å². The standard InChI is InChI=1S/C25H27FN2O2/c26-18-6-7-20-21-12-25(30)15-28(14-16-4-5-16)9-8-24(25,13-23(21)27-22(20)11-18)17-2-1-3-19(29)10-17/h1-3,6-7,10-11,16,27,29-30H,4-5,8-9,12-15H2/t24-,25-/m0/s1. The molecule has 6 rings (SSSR count). The van der Waals surface area contributed by atoms with Gasteiger partial charge in [0.1, 0.15) is 11.6 Å². The topological polar surface area (TPSA) is 59.5 Å². The molecule has 1 aromatic heterocycles. The van der Waals surface area contributed by atoms with Crippen molar-refractivity contribution in [1.29, 1.82) is 0 Å². The first-order valence-corrected chi connectivity index (χ1v) is 11.0. The van der Waals surface area contributed by atoms with Crippen molar-refractivity contribution in [2.75, 3.05) is 19.6 Å². The van der Waals surface area contributed by atoms with Gasteiger partial charge in [-0.15, -0.1) is 0 Å². The van der Waals surface area contributed by atoms with E-state index in [4.69, 9.17) is 0 Å². The lowest BCUT2D eigenvalue weighted by molar-refractivity contribution is -0.103. The molecule has 0 spiro atoms. The molecule has 0 amide bonds. The summed E-state index contributed by atoms with van der Waals surface area (Å²) in [4.78, 5) is 5.87. The van der Waals surface area contributed by atoms with Gasteiger partial charge in [-0.3, -0.25) is 0 Å². The molecular weight excluding hydrogens is 379 g/mol. The van der Waals surface area contributed by atoms with Crippen LogP contribution in [0.2, 0.25) is 0 Å². The van der Waals surface area contributed by atoms with E-state index >= 15 is 0 Å². The van der Waals surface area contributed by atoms with Crippen LogP contribution in [0.1, 0.15) is 36.1 Å². The number of H-pyrrole nitrogens is 1. The Morgan fingerprint density at radius 2 is 2.00 bits per heavy atom. The van der Waals surface area contributed by atoms with Gasteiger partial charge in [-0.05, 0) is 73.2 Å². The number of rotatable bonds is 3. The SMILES string of the molecule is Oc1cccc([C@@]23CCN(CC4CC4)C[C@@]2(O)Cc2c([nH]c4cc(F)ccc24)C3)c1. The Labute approximate surface area is 175 Å². The number of aliphatic hydroxyl groups is 1. The second-order valence-corrected chi connectivity index (χ2v) is 9.72. The monoisotopic (exact) mass is 406 g/mol. The number of aromatic amines is 1. The lowest BCUT2D eigenvalue weighted by Gasteiger charge is -2.56. The summed E-state index contributed by atoms with van der Waals surface area (Å²) in [6, 6.07) is 12.3. The molecule has 1 saturated carbocycles. The van der Waals surface area contributed by atoms with E-state index in [1.54, 1.807) is 12.1 Å². The smallest absolute Gasteiger partial charge is 0.125 e. The number of halogens is 1. The van der Waals surface area contributed by atoms with Crippen LogP contribution in [0.25, 0.3) is 10.9 Å². The van der Waals surface area contributed by atoms with Crippen molar-refractivity contribution in [2.24, 2.45) is 5.92 Å². The number of aromatic hydroxyl groups is 1. The average molecular weight is 407 g/mol. The largest absolute Gasteiger partial charge is 0.508 e. The van der Waals surface area contributed by atoms with Crippen molar-refractivity contribution in [3.8, 4) is 5.75 Å². The number of piperidine rings is 1. The van der Waals surface area contributed by atoms with Crippen molar-refractivity contribution >= 4 is 10.9 Å². The molecule has 1 aliphatic heterocycles. The average Bonchev–Trinajstić information content (AvgIpc) is 3.46. The normalized spacial score (nSPS) is 29.0. The lowest BCUT2D eigenvalue weighted by Crippen LogP contribution is -2.66. The van der Waals surface area contributed by atoms with Gasteiger partial charge in [0, 0.05) is 47.9 Å². The molecule has 0 radical (unpaired) electrons. The number of phenolic OH excluding ortho intramolecular Hbond substituents is 1. The molecule has 30 heavy (non-hydrogen) atoms. The van der Waals surface area contributed by atoms with Gasteiger partial charge in [-0.1, -0.05) is 12.1 Å². The van der Waals surface area contributed by atoms with Crippen molar-refractivity contribution in [2.45, 2.75) is 43.1 Å². The molecule has 3 N–H and O–H groups in total. The maximum Gasteiger partial charge on any atom is 0.125 e. The number of fused-ring (bicyclic) bond motifs is 4. The fourth-order valence-electron chi connectivity index (χ4n) is 6.03. The van der Waals surface area contributed by atoms with Crippen LogP contribution in [-0.4, -0.2) is 45.3 Å². The number of hydrogen-bond donors (Lipinski definition) is 3. The third kappa shape index (κ3) is 2.72. The zero-order chi connectivity index (χ0) is 20.5. The molecule has 2 fully saturated rings. The van der Waals surface area contributed by atoms with Gasteiger partial charge in [-0.25, -0.2) is 4.39 Å². The van der Waals surface area contributed by atoms with Gasteiger partial charge >= 0.3 is 0 Å². The Kier molecular flexibility index (Phi) is 3.87. The minimum absolute atomic E-state index is 0.231. The summed E-state index contributed by atoms with van der Waals surface area (Å²) in [6.07, 6.45) is 4.62. The number of likely N-dealkylation sites (tertiary alicyclic amines) is 1. The van der Waals surface area contributed by atoms with E-state index in [9.17, 15) is 14.6 Å². The Bertz CT molecular complexity index is 1140. The summed E-state index contributed by atoms with van der Waals surface area (Å²) in [5, 5.41) is 23.5. The first kappa shape index (κ1) is 18.4. The van der Waals surface area contributed by atoms with E-state index < -0.39 is 11.0 Å². The highest BCUT2D eigenvalue weighted by Crippen LogP contribution is 2.52. The molecule has 2 atom stereocenters. The first-order valence-electron chi connectivity index (χ1n) is 11.0. The van der Waals surface area contributed by atoms with E-state index in [0.29, 0.717) is 19.4 Å². The summed E-state index contributed by atoms with van der Waals surface area (Å²) >= 11 is 0. The Hall–Kier alpha value is -2.37. The molecule has 2 aromatic carbocycles. The maximum atomic E-state index is 13.8. The van der Waals surface area contributed by atoms with Crippen LogP contribution in [0.3, 0.4) is 0 Å². The molecule has 3 aliphatic rings.